The molecule has 1 amide bonds. The van der Waals surface area contributed by atoms with Gasteiger partial charge < -0.3 is 14.6 Å². The van der Waals surface area contributed by atoms with Gasteiger partial charge in [-0.3, -0.25) is 4.79 Å². The Kier molecular flexibility index (Phi) is 9.91. The fourth-order valence-electron chi connectivity index (χ4n) is 3.42. The lowest BCUT2D eigenvalue weighted by Gasteiger charge is -2.12. The molecule has 0 aliphatic carbocycles. The van der Waals surface area contributed by atoms with Crippen LogP contribution in [-0.4, -0.2) is 28.6 Å². The second-order valence-corrected chi connectivity index (χ2v) is 11.7. The molecule has 0 radical (unpaired) electrons. The summed E-state index contributed by atoms with van der Waals surface area (Å²) >= 11 is 11.4. The molecule has 1 aliphatic heterocycles. The number of rotatable bonds is 7. The Morgan fingerprint density at radius 3 is 2.34 bits per heavy atom. The molecule has 0 bridgehead atoms. The van der Waals surface area contributed by atoms with Gasteiger partial charge in [-0.15, -0.1) is 0 Å². The highest BCUT2D eigenvalue weighted by Gasteiger charge is 2.34. The number of hydrogen-bond donors (Lipinski definition) is 1. The Bertz CT molecular complexity index is 1450. The maximum atomic E-state index is 12.7. The Morgan fingerprint density at radius 2 is 1.71 bits per heavy atom. The largest absolute Gasteiger partial charge is 0.506 e. The van der Waals surface area contributed by atoms with Crippen molar-refractivity contribution in [3.05, 3.63) is 112 Å². The van der Waals surface area contributed by atoms with E-state index in [-0.39, 0.29) is 23.0 Å². The van der Waals surface area contributed by atoms with Gasteiger partial charge in [0.25, 0.3) is 5.91 Å². The minimum atomic E-state index is -0.740. The van der Waals surface area contributed by atoms with Crippen LogP contribution in [0.5, 0.6) is 5.75 Å². The number of amides is 1. The highest BCUT2D eigenvalue weighted by molar-refractivity contribution is 14.1. The van der Waals surface area contributed by atoms with Gasteiger partial charge in [-0.25, -0.2) is 9.79 Å². The third-order valence-electron chi connectivity index (χ3n) is 5.21. The van der Waals surface area contributed by atoms with E-state index in [1.54, 1.807) is 43.3 Å². The van der Waals surface area contributed by atoms with Crippen molar-refractivity contribution in [1.82, 2.24) is 0 Å². The summed E-state index contributed by atoms with van der Waals surface area (Å²) in [5, 5.41) is 11.7. The average molecular weight is 772 g/mol. The predicted molar refractivity (Wildman–Crippen MR) is 168 cm³/mol. The summed E-state index contributed by atoms with van der Waals surface area (Å²) in [5.74, 6) is -0.794. The van der Waals surface area contributed by atoms with E-state index in [9.17, 15) is 14.7 Å². The molecule has 0 fully saturated rings. The molecule has 194 valence electrons. The Balaban J connectivity index is 1.62. The van der Waals surface area contributed by atoms with Gasteiger partial charge in [0.15, 0.2) is 0 Å². The van der Waals surface area contributed by atoms with Gasteiger partial charge in [0, 0.05) is 10.6 Å². The fraction of sp³-hybridized carbons (Fsp3) is 0.107. The van der Waals surface area contributed by atoms with Crippen molar-refractivity contribution >= 4 is 91.5 Å². The van der Waals surface area contributed by atoms with E-state index >= 15 is 0 Å². The summed E-state index contributed by atoms with van der Waals surface area (Å²) in [6.45, 7) is 2.18. The first-order chi connectivity index (χ1) is 18.3. The first-order valence-electron chi connectivity index (χ1n) is 11.3. The number of aliphatic hydroxyl groups excluding tert-OH is 1. The minimum absolute atomic E-state index is 0.0911. The van der Waals surface area contributed by atoms with E-state index in [4.69, 9.17) is 21.1 Å². The molecule has 4 rings (SSSR count). The molecule has 0 saturated heterocycles. The topological polar surface area (TPSA) is 85.2 Å². The number of halogens is 3. The van der Waals surface area contributed by atoms with Crippen LogP contribution in [0.15, 0.2) is 88.0 Å². The van der Waals surface area contributed by atoms with Crippen LogP contribution in [0.2, 0.25) is 5.02 Å². The predicted octanol–water partition coefficient (Wildman–Crippen LogP) is 7.83. The summed E-state index contributed by atoms with van der Waals surface area (Å²) in [6.07, 6.45) is 1.74. The van der Waals surface area contributed by atoms with Crippen LogP contribution in [0.3, 0.4) is 0 Å². The lowest BCUT2D eigenvalue weighted by atomic mass is 10.1. The van der Waals surface area contributed by atoms with Gasteiger partial charge in [0.05, 0.1) is 18.7 Å². The molecule has 0 spiro atoms. The number of benzene rings is 3. The second kappa shape index (κ2) is 13.1. The van der Waals surface area contributed by atoms with E-state index in [0.29, 0.717) is 22.1 Å². The van der Waals surface area contributed by atoms with E-state index in [1.807, 2.05) is 36.4 Å². The fourth-order valence-corrected chi connectivity index (χ4v) is 6.68. The van der Waals surface area contributed by atoms with Gasteiger partial charge in [-0.05, 0) is 106 Å². The SMILES string of the molecule is CCOC(=O)C1=C(O)/C(=C/c2cc(I)c(OCc3ccc(Cl)cc3)c(I)c2)SC1=NC(=O)c1ccccc1. The Labute approximate surface area is 256 Å². The molecule has 6 nitrogen and oxygen atoms in total. The van der Waals surface area contributed by atoms with E-state index in [2.05, 4.69) is 50.2 Å². The normalized spacial score (nSPS) is 15.3. The van der Waals surface area contributed by atoms with Gasteiger partial charge in [0.1, 0.15) is 28.7 Å². The average Bonchev–Trinajstić information content (AvgIpc) is 3.19. The first-order valence-corrected chi connectivity index (χ1v) is 14.7. The summed E-state index contributed by atoms with van der Waals surface area (Å²) in [5.41, 5.74) is 2.03. The van der Waals surface area contributed by atoms with Crippen molar-refractivity contribution in [2.75, 3.05) is 6.61 Å². The number of hydrogen-bond acceptors (Lipinski definition) is 6. The monoisotopic (exact) mass is 771 g/mol. The second-order valence-electron chi connectivity index (χ2n) is 7.87. The van der Waals surface area contributed by atoms with Crippen LogP contribution in [0.4, 0.5) is 0 Å². The number of esters is 1. The molecule has 3 aromatic rings. The maximum absolute atomic E-state index is 12.7. The van der Waals surface area contributed by atoms with Gasteiger partial charge in [-0.2, -0.15) is 0 Å². The van der Waals surface area contributed by atoms with Gasteiger partial charge >= 0.3 is 5.97 Å². The number of carbonyl (C=O) groups excluding carboxylic acids is 2. The summed E-state index contributed by atoms with van der Waals surface area (Å²) < 4.78 is 12.9. The third-order valence-corrected chi connectivity index (χ3v) is 8.08. The highest BCUT2D eigenvalue weighted by Crippen LogP contribution is 2.40. The molecular formula is C28H20ClI2NO5S. The summed E-state index contributed by atoms with van der Waals surface area (Å²) in [7, 11) is 0. The molecule has 1 heterocycles. The van der Waals surface area contributed by atoms with Crippen molar-refractivity contribution in [1.29, 1.82) is 0 Å². The molecular weight excluding hydrogens is 752 g/mol. The number of thioether (sulfide) groups is 1. The summed E-state index contributed by atoms with van der Waals surface area (Å²) in [6, 6.07) is 19.8. The zero-order valence-electron chi connectivity index (χ0n) is 19.9. The quantitative estimate of drug-likeness (QED) is 0.195. The Hall–Kier alpha value is -2.35. The van der Waals surface area contributed by atoms with Crippen LogP contribution < -0.4 is 4.74 Å². The number of nitrogens with zero attached hydrogens (tertiary/aromatic N) is 1. The standard InChI is InChI=1S/C28H20ClI2NO5S/c1-2-36-28(35)23-24(33)22(38-27(23)32-26(34)18-6-4-3-5-7-18)14-17-12-20(30)25(21(31)13-17)37-15-16-8-10-19(29)11-9-16/h3-14,33H,2,15H2,1H3/b22-14-,32-27?. The molecule has 38 heavy (non-hydrogen) atoms. The van der Waals surface area contributed by atoms with Crippen molar-refractivity contribution < 1.29 is 24.2 Å². The van der Waals surface area contributed by atoms with Crippen molar-refractivity contribution in [2.45, 2.75) is 13.5 Å². The van der Waals surface area contributed by atoms with Crippen LogP contribution in [0, 0.1) is 7.14 Å². The molecule has 0 atom stereocenters. The third kappa shape index (κ3) is 6.99. The van der Waals surface area contributed by atoms with Gasteiger partial charge in [0.2, 0.25) is 0 Å². The van der Waals surface area contributed by atoms with Crippen LogP contribution in [0.1, 0.15) is 28.4 Å². The van der Waals surface area contributed by atoms with Crippen LogP contribution in [0.25, 0.3) is 6.08 Å². The minimum Gasteiger partial charge on any atom is -0.506 e. The smallest absolute Gasteiger partial charge is 0.344 e. The van der Waals surface area contributed by atoms with E-state index < -0.39 is 11.9 Å². The molecule has 0 aromatic heterocycles. The lowest BCUT2D eigenvalue weighted by Crippen LogP contribution is -2.14. The summed E-state index contributed by atoms with van der Waals surface area (Å²) in [4.78, 5) is 29.9. The zero-order valence-corrected chi connectivity index (χ0v) is 25.8. The number of carbonyl (C=O) groups is 2. The van der Waals surface area contributed by atoms with Crippen LogP contribution in [-0.2, 0) is 16.1 Å². The molecule has 1 N–H and O–H groups in total. The number of aliphatic imine (C=N–C) groups is 1. The molecule has 3 aromatic carbocycles. The first kappa shape index (κ1) is 28.7. The van der Waals surface area contributed by atoms with Crippen molar-refractivity contribution in [3.8, 4) is 5.75 Å². The van der Waals surface area contributed by atoms with Crippen LogP contribution >= 0.6 is 68.5 Å². The maximum Gasteiger partial charge on any atom is 0.344 e. The zero-order chi connectivity index (χ0) is 27.2. The van der Waals surface area contributed by atoms with E-state index in [0.717, 1.165) is 35.8 Å². The van der Waals surface area contributed by atoms with Gasteiger partial charge in [-0.1, -0.05) is 53.7 Å². The molecule has 0 saturated carbocycles. The van der Waals surface area contributed by atoms with Crippen molar-refractivity contribution in [2.24, 2.45) is 4.99 Å². The van der Waals surface area contributed by atoms with E-state index in [1.165, 1.54) is 0 Å². The molecule has 10 heteroatoms. The van der Waals surface area contributed by atoms with Crippen molar-refractivity contribution in [3.63, 3.8) is 0 Å². The highest BCUT2D eigenvalue weighted by atomic mass is 127. The molecule has 0 unspecified atom stereocenters. The lowest BCUT2D eigenvalue weighted by molar-refractivity contribution is -0.138. The number of aliphatic hydroxyl groups is 1. The molecule has 1 aliphatic rings. The Morgan fingerprint density at radius 1 is 1.05 bits per heavy atom. The number of ether oxygens (including phenoxy) is 2.